The van der Waals surface area contributed by atoms with Gasteiger partial charge in [0.1, 0.15) is 6.61 Å². The van der Waals surface area contributed by atoms with Crippen LogP contribution in [0.2, 0.25) is 0 Å². The molecule has 0 saturated heterocycles. The fraction of sp³-hybridized carbons (Fsp3) is 0.714. The highest BCUT2D eigenvalue weighted by Gasteiger charge is 2.19. The van der Waals surface area contributed by atoms with Gasteiger partial charge in [-0.3, -0.25) is 4.79 Å². The zero-order chi connectivity index (χ0) is 15.1. The molecule has 1 heterocycles. The van der Waals surface area contributed by atoms with Gasteiger partial charge in [0.15, 0.2) is 11.5 Å². The van der Waals surface area contributed by atoms with Crippen LogP contribution in [0.25, 0.3) is 0 Å². The Morgan fingerprint density at radius 2 is 2.25 bits per heavy atom. The van der Waals surface area contributed by atoms with Crippen molar-refractivity contribution in [1.29, 1.82) is 0 Å². The Morgan fingerprint density at radius 1 is 1.55 bits per heavy atom. The molecule has 6 heteroatoms. The number of nitrogens with one attached hydrogen (secondary N) is 1. The Balaban J connectivity index is 2.48. The van der Waals surface area contributed by atoms with Gasteiger partial charge in [-0.05, 0) is 33.9 Å². The third-order valence-electron chi connectivity index (χ3n) is 3.55. The van der Waals surface area contributed by atoms with Crippen molar-refractivity contribution in [3.8, 4) is 0 Å². The molecule has 0 bridgehead atoms. The molecule has 2 N–H and O–H groups in total. The van der Waals surface area contributed by atoms with Gasteiger partial charge >= 0.3 is 0 Å². The molecule has 0 aromatic carbocycles. The summed E-state index contributed by atoms with van der Waals surface area (Å²) in [6.45, 7) is 7.28. The average molecular weight is 283 g/mol. The van der Waals surface area contributed by atoms with E-state index in [1.807, 2.05) is 0 Å². The van der Waals surface area contributed by atoms with E-state index in [1.54, 1.807) is 6.92 Å². The molecule has 0 aliphatic rings. The molecule has 1 aromatic heterocycles. The second-order valence-electron chi connectivity index (χ2n) is 5.13. The predicted molar refractivity (Wildman–Crippen MR) is 76.5 cm³/mol. The van der Waals surface area contributed by atoms with Gasteiger partial charge in [0.25, 0.3) is 5.91 Å². The number of unbranched alkanes of at least 4 members (excludes halogenated alkanes) is 1. The quantitative estimate of drug-likeness (QED) is 0.752. The number of aliphatic hydroxyl groups excluding tert-OH is 1. The first-order valence-corrected chi connectivity index (χ1v) is 7.05. The van der Waals surface area contributed by atoms with E-state index in [-0.39, 0.29) is 24.2 Å². The van der Waals surface area contributed by atoms with Crippen molar-refractivity contribution in [3.05, 3.63) is 17.0 Å². The number of aromatic nitrogens is 1. The maximum Gasteiger partial charge on any atom is 0.273 e. The van der Waals surface area contributed by atoms with E-state index >= 15 is 0 Å². The van der Waals surface area contributed by atoms with E-state index in [9.17, 15) is 4.79 Å². The van der Waals surface area contributed by atoms with Gasteiger partial charge in [-0.2, -0.15) is 0 Å². The number of rotatable bonds is 8. The lowest BCUT2D eigenvalue weighted by atomic mass is 10.2. The molecule has 0 aliphatic carbocycles. The lowest BCUT2D eigenvalue weighted by molar-refractivity contribution is 0.0930. The zero-order valence-electron chi connectivity index (χ0n) is 12.8. The van der Waals surface area contributed by atoms with Crippen LogP contribution in [0.3, 0.4) is 0 Å². The van der Waals surface area contributed by atoms with Gasteiger partial charge in [0.05, 0.1) is 0 Å². The summed E-state index contributed by atoms with van der Waals surface area (Å²) < 4.78 is 4.90. The maximum atomic E-state index is 12.0. The van der Waals surface area contributed by atoms with Crippen LogP contribution < -0.4 is 5.32 Å². The molecule has 0 fully saturated rings. The Morgan fingerprint density at radius 3 is 2.80 bits per heavy atom. The molecular formula is C14H25N3O3. The van der Waals surface area contributed by atoms with E-state index in [0.717, 1.165) is 19.4 Å². The summed E-state index contributed by atoms with van der Waals surface area (Å²) in [6, 6.07) is 0.259. The molecule has 0 radical (unpaired) electrons. The third kappa shape index (κ3) is 4.31. The molecule has 20 heavy (non-hydrogen) atoms. The smallest absolute Gasteiger partial charge is 0.273 e. The molecule has 1 amide bonds. The molecule has 0 saturated carbocycles. The minimum Gasteiger partial charge on any atom is -0.388 e. The van der Waals surface area contributed by atoms with Crippen molar-refractivity contribution in [1.82, 2.24) is 15.4 Å². The van der Waals surface area contributed by atoms with Crippen LogP contribution in [0.4, 0.5) is 0 Å². The van der Waals surface area contributed by atoms with Crippen molar-refractivity contribution in [2.75, 3.05) is 20.1 Å². The van der Waals surface area contributed by atoms with Gasteiger partial charge < -0.3 is 19.8 Å². The molecule has 1 atom stereocenters. The van der Waals surface area contributed by atoms with E-state index in [2.05, 4.69) is 36.3 Å². The summed E-state index contributed by atoms with van der Waals surface area (Å²) >= 11 is 0. The standard InChI is InChI=1S/C14H25N3O3/c1-5-6-7-17(4)10(2)8-15-14(19)13-11(3)12(9-18)20-16-13/h10,18H,5-9H2,1-4H3,(H,15,19). The van der Waals surface area contributed by atoms with Crippen LogP contribution in [0.5, 0.6) is 0 Å². The summed E-state index contributed by atoms with van der Waals surface area (Å²) in [5, 5.41) is 15.6. The number of hydrogen-bond acceptors (Lipinski definition) is 5. The number of amides is 1. The summed E-state index contributed by atoms with van der Waals surface area (Å²) in [7, 11) is 2.05. The highest BCUT2D eigenvalue weighted by Crippen LogP contribution is 2.12. The zero-order valence-corrected chi connectivity index (χ0v) is 12.8. The number of carbonyl (C=O) groups excluding carboxylic acids is 1. The number of hydrogen-bond donors (Lipinski definition) is 2. The summed E-state index contributed by atoms with van der Waals surface area (Å²) in [5.41, 5.74) is 0.842. The first-order chi connectivity index (χ1) is 9.51. The van der Waals surface area contributed by atoms with Crippen LogP contribution >= 0.6 is 0 Å². The van der Waals surface area contributed by atoms with Crippen LogP contribution in [-0.2, 0) is 6.61 Å². The van der Waals surface area contributed by atoms with E-state index in [1.165, 1.54) is 0 Å². The molecular weight excluding hydrogens is 258 g/mol. The van der Waals surface area contributed by atoms with Crippen LogP contribution in [0.1, 0.15) is 48.5 Å². The van der Waals surface area contributed by atoms with Crippen molar-refractivity contribution in [3.63, 3.8) is 0 Å². The van der Waals surface area contributed by atoms with Gasteiger partial charge in [-0.15, -0.1) is 0 Å². The van der Waals surface area contributed by atoms with E-state index < -0.39 is 0 Å². The number of aliphatic hydroxyl groups is 1. The number of carbonyl (C=O) groups is 1. The van der Waals surface area contributed by atoms with Crippen molar-refractivity contribution in [2.24, 2.45) is 0 Å². The minimum atomic E-state index is -0.262. The second kappa shape index (κ2) is 8.01. The van der Waals surface area contributed by atoms with Crippen molar-refractivity contribution in [2.45, 2.75) is 46.3 Å². The molecule has 1 aromatic rings. The Hall–Kier alpha value is -1.40. The minimum absolute atomic E-state index is 0.248. The Kier molecular flexibility index (Phi) is 6.67. The summed E-state index contributed by atoms with van der Waals surface area (Å²) in [4.78, 5) is 14.2. The van der Waals surface area contributed by atoms with Crippen molar-refractivity contribution < 1.29 is 14.4 Å². The Bertz CT molecular complexity index is 431. The SMILES string of the molecule is CCCCN(C)C(C)CNC(=O)c1noc(CO)c1C. The summed E-state index contributed by atoms with van der Waals surface area (Å²) in [5.74, 6) is 0.0740. The van der Waals surface area contributed by atoms with Crippen LogP contribution in [0, 0.1) is 6.92 Å². The van der Waals surface area contributed by atoms with Crippen molar-refractivity contribution >= 4 is 5.91 Å². The number of nitrogens with zero attached hydrogens (tertiary/aromatic N) is 2. The lowest BCUT2D eigenvalue weighted by Gasteiger charge is -2.24. The molecule has 6 nitrogen and oxygen atoms in total. The number of likely N-dealkylation sites (N-methyl/N-ethyl adjacent to an activating group) is 1. The van der Waals surface area contributed by atoms with Gasteiger partial charge in [-0.25, -0.2) is 0 Å². The first-order valence-electron chi connectivity index (χ1n) is 7.05. The highest BCUT2D eigenvalue weighted by molar-refractivity contribution is 5.93. The van der Waals surface area contributed by atoms with Crippen LogP contribution in [0.15, 0.2) is 4.52 Å². The van der Waals surface area contributed by atoms with Gasteiger partial charge in [0.2, 0.25) is 0 Å². The molecule has 1 rings (SSSR count). The molecule has 1 unspecified atom stereocenters. The summed E-state index contributed by atoms with van der Waals surface area (Å²) in [6.07, 6.45) is 2.31. The molecule has 114 valence electrons. The molecule has 0 spiro atoms. The van der Waals surface area contributed by atoms with Gasteiger partial charge in [0, 0.05) is 18.2 Å². The fourth-order valence-electron chi connectivity index (χ4n) is 1.84. The van der Waals surface area contributed by atoms with Gasteiger partial charge in [-0.1, -0.05) is 18.5 Å². The largest absolute Gasteiger partial charge is 0.388 e. The van der Waals surface area contributed by atoms with Crippen LogP contribution in [-0.4, -0.2) is 47.2 Å². The Labute approximate surface area is 120 Å². The maximum absolute atomic E-state index is 12.0. The lowest BCUT2D eigenvalue weighted by Crippen LogP contribution is -2.40. The monoisotopic (exact) mass is 283 g/mol. The molecule has 0 aliphatic heterocycles. The second-order valence-corrected chi connectivity index (χ2v) is 5.13. The first kappa shape index (κ1) is 16.7. The normalized spacial score (nSPS) is 12.7. The third-order valence-corrected chi connectivity index (χ3v) is 3.55. The highest BCUT2D eigenvalue weighted by atomic mass is 16.5. The topological polar surface area (TPSA) is 78.6 Å². The fourth-order valence-corrected chi connectivity index (χ4v) is 1.84. The van der Waals surface area contributed by atoms with E-state index in [4.69, 9.17) is 9.63 Å². The average Bonchev–Trinajstić information content (AvgIpc) is 2.82. The predicted octanol–water partition coefficient (Wildman–Crippen LogP) is 1.33. The van der Waals surface area contributed by atoms with E-state index in [0.29, 0.717) is 17.9 Å².